The van der Waals surface area contributed by atoms with E-state index in [1.54, 1.807) is 31.2 Å². The lowest BCUT2D eigenvalue weighted by Crippen LogP contribution is -2.33. The molecule has 4 amide bonds. The molecule has 0 spiro atoms. The largest absolute Gasteiger partial charge is 0.489 e. The summed E-state index contributed by atoms with van der Waals surface area (Å²) < 4.78 is 42.9. The molecule has 8 N–H and O–H groups in total. The molecule has 0 aliphatic rings. The maximum absolute atomic E-state index is 11.4. The SMILES string of the molecule is CCOc1c(-c2cccc(OC(COC(N)=O)OC(N)=O)c2OCCOC(N)=O)ccc(Br)c1OCCOC(N)=O. The summed E-state index contributed by atoms with van der Waals surface area (Å²) in [5.41, 5.74) is 21.0. The van der Waals surface area contributed by atoms with Gasteiger partial charge >= 0.3 is 24.4 Å². The van der Waals surface area contributed by atoms with E-state index in [2.05, 4.69) is 20.7 Å². The number of ether oxygens (including phenoxy) is 8. The van der Waals surface area contributed by atoms with Crippen LogP contribution in [0.2, 0.25) is 0 Å². The number of para-hydroxylation sites is 1. The lowest BCUT2D eigenvalue weighted by molar-refractivity contribution is -0.0646. The number of hydrogen-bond acceptors (Lipinski definition) is 12. The molecule has 0 saturated heterocycles. The minimum Gasteiger partial charge on any atom is -0.489 e. The molecule has 2 aromatic carbocycles. The van der Waals surface area contributed by atoms with Crippen LogP contribution in [0.3, 0.4) is 0 Å². The van der Waals surface area contributed by atoms with E-state index < -0.39 is 37.3 Å². The Morgan fingerprint density at radius 2 is 1.29 bits per heavy atom. The fourth-order valence-electron chi connectivity index (χ4n) is 3.23. The van der Waals surface area contributed by atoms with E-state index in [-0.39, 0.29) is 56.0 Å². The second-order valence-corrected chi connectivity index (χ2v) is 8.32. The summed E-state index contributed by atoms with van der Waals surface area (Å²) in [6, 6.07) is 8.09. The Kier molecular flexibility index (Phi) is 12.9. The highest BCUT2D eigenvalue weighted by atomic mass is 79.9. The average Bonchev–Trinajstić information content (AvgIpc) is 2.89. The third-order valence-electron chi connectivity index (χ3n) is 4.64. The molecule has 2 rings (SSSR count). The van der Waals surface area contributed by atoms with Crippen molar-refractivity contribution in [3.05, 3.63) is 34.8 Å². The molecular formula is C24H29BrN4O12. The first-order valence-electron chi connectivity index (χ1n) is 11.8. The van der Waals surface area contributed by atoms with Crippen LogP contribution in [0, 0.1) is 0 Å². The van der Waals surface area contributed by atoms with Crippen molar-refractivity contribution in [2.45, 2.75) is 13.2 Å². The van der Waals surface area contributed by atoms with Crippen LogP contribution in [0.5, 0.6) is 23.0 Å². The van der Waals surface area contributed by atoms with Gasteiger partial charge in [0.1, 0.15) is 26.4 Å². The molecule has 0 saturated carbocycles. The van der Waals surface area contributed by atoms with Crippen molar-refractivity contribution in [2.24, 2.45) is 22.9 Å². The first kappa shape index (κ1) is 32.4. The lowest BCUT2D eigenvalue weighted by Gasteiger charge is -2.23. The van der Waals surface area contributed by atoms with Crippen molar-refractivity contribution in [3.8, 4) is 34.1 Å². The Morgan fingerprint density at radius 1 is 0.707 bits per heavy atom. The number of benzene rings is 2. The predicted molar refractivity (Wildman–Crippen MR) is 143 cm³/mol. The van der Waals surface area contributed by atoms with Crippen molar-refractivity contribution in [1.82, 2.24) is 0 Å². The molecule has 0 aliphatic carbocycles. The molecule has 17 heteroatoms. The molecule has 0 bridgehead atoms. The second-order valence-electron chi connectivity index (χ2n) is 7.47. The van der Waals surface area contributed by atoms with Gasteiger partial charge in [0, 0.05) is 11.1 Å². The highest BCUT2D eigenvalue weighted by Gasteiger charge is 2.24. The van der Waals surface area contributed by atoms with Gasteiger partial charge in [-0.3, -0.25) is 0 Å². The lowest BCUT2D eigenvalue weighted by atomic mass is 10.0. The van der Waals surface area contributed by atoms with E-state index in [9.17, 15) is 19.2 Å². The van der Waals surface area contributed by atoms with Crippen molar-refractivity contribution in [1.29, 1.82) is 0 Å². The van der Waals surface area contributed by atoms with Crippen LogP contribution in [-0.4, -0.2) is 70.3 Å². The predicted octanol–water partition coefficient (Wildman–Crippen LogP) is 2.36. The van der Waals surface area contributed by atoms with E-state index in [1.807, 2.05) is 0 Å². The van der Waals surface area contributed by atoms with Gasteiger partial charge in [-0.15, -0.1) is 0 Å². The number of carbonyl (C=O) groups excluding carboxylic acids is 4. The standard InChI is InChI=1S/C24H29BrN4O12/c1-2-34-19-14(6-7-15(25)20(19)36-9-11-38-22(27)31)13-4-3-5-16(18(13)35-8-10-37-21(26)30)40-17(41-24(29)33)12-39-23(28)32/h3-7,17H,2,8-12H2,1H3,(H2,26,30)(H2,27,31)(H2,28,32)(H2,29,33). The van der Waals surface area contributed by atoms with Crippen LogP contribution >= 0.6 is 15.9 Å². The maximum atomic E-state index is 11.4. The molecule has 224 valence electrons. The number of primary amides is 4. The topological polar surface area (TPSA) is 246 Å². The van der Waals surface area contributed by atoms with Gasteiger partial charge in [-0.2, -0.15) is 0 Å². The van der Waals surface area contributed by atoms with Crippen LogP contribution in [0.4, 0.5) is 19.2 Å². The van der Waals surface area contributed by atoms with E-state index in [0.717, 1.165) is 0 Å². The zero-order valence-electron chi connectivity index (χ0n) is 21.8. The summed E-state index contributed by atoms with van der Waals surface area (Å²) in [6.07, 6.45) is -5.84. The zero-order chi connectivity index (χ0) is 30.4. The van der Waals surface area contributed by atoms with Gasteiger partial charge in [0.2, 0.25) is 0 Å². The zero-order valence-corrected chi connectivity index (χ0v) is 23.4. The first-order chi connectivity index (χ1) is 19.5. The Hall–Kier alpha value is -4.80. The fourth-order valence-corrected chi connectivity index (χ4v) is 3.65. The quantitative estimate of drug-likeness (QED) is 0.117. The Bertz CT molecular complexity index is 1230. The minimum atomic E-state index is -1.51. The molecule has 16 nitrogen and oxygen atoms in total. The average molecular weight is 645 g/mol. The van der Waals surface area contributed by atoms with Crippen LogP contribution in [0.25, 0.3) is 11.1 Å². The van der Waals surface area contributed by atoms with Crippen LogP contribution in [0.15, 0.2) is 34.8 Å². The Balaban J connectivity index is 2.57. The minimum absolute atomic E-state index is 0.00332. The number of carbonyl (C=O) groups is 4. The van der Waals surface area contributed by atoms with Crippen LogP contribution < -0.4 is 41.9 Å². The van der Waals surface area contributed by atoms with Gasteiger partial charge in [0.15, 0.2) is 29.6 Å². The molecule has 0 aromatic heterocycles. The molecule has 41 heavy (non-hydrogen) atoms. The fraction of sp³-hybridized carbons (Fsp3) is 0.333. The summed E-state index contributed by atoms with van der Waals surface area (Å²) in [6.45, 7) is 0.826. The summed E-state index contributed by atoms with van der Waals surface area (Å²) in [5.74, 6) is 0.627. The number of rotatable bonds is 16. The highest BCUT2D eigenvalue weighted by molar-refractivity contribution is 9.10. The van der Waals surface area contributed by atoms with Crippen molar-refractivity contribution in [2.75, 3.05) is 39.6 Å². The molecule has 1 atom stereocenters. The van der Waals surface area contributed by atoms with E-state index in [0.29, 0.717) is 15.6 Å². The van der Waals surface area contributed by atoms with Gasteiger partial charge in [-0.25, -0.2) is 19.2 Å². The number of halogens is 1. The van der Waals surface area contributed by atoms with Gasteiger partial charge in [0.25, 0.3) is 6.29 Å². The smallest absolute Gasteiger partial charge is 0.407 e. The van der Waals surface area contributed by atoms with Crippen molar-refractivity contribution >= 4 is 40.3 Å². The number of nitrogens with two attached hydrogens (primary N) is 4. The molecule has 0 radical (unpaired) electrons. The normalized spacial score (nSPS) is 11.0. The number of amides is 4. The first-order valence-corrected chi connectivity index (χ1v) is 12.6. The van der Waals surface area contributed by atoms with E-state index in [4.69, 9.17) is 56.1 Å². The van der Waals surface area contributed by atoms with Gasteiger partial charge in [-0.1, -0.05) is 12.1 Å². The van der Waals surface area contributed by atoms with Crippen molar-refractivity contribution < 1.29 is 57.1 Å². The summed E-state index contributed by atoms with van der Waals surface area (Å²) in [4.78, 5) is 44.4. The number of hydrogen-bond donors (Lipinski definition) is 4. The summed E-state index contributed by atoms with van der Waals surface area (Å²) in [7, 11) is 0. The van der Waals surface area contributed by atoms with Crippen molar-refractivity contribution in [3.63, 3.8) is 0 Å². The van der Waals surface area contributed by atoms with Gasteiger partial charge < -0.3 is 60.8 Å². The molecule has 1 unspecified atom stereocenters. The van der Waals surface area contributed by atoms with Gasteiger partial charge in [-0.05, 0) is 41.1 Å². The van der Waals surface area contributed by atoms with E-state index >= 15 is 0 Å². The van der Waals surface area contributed by atoms with Gasteiger partial charge in [0.05, 0.1) is 11.1 Å². The van der Waals surface area contributed by atoms with E-state index in [1.165, 1.54) is 6.07 Å². The second kappa shape index (κ2) is 16.3. The summed E-state index contributed by atoms with van der Waals surface area (Å²) >= 11 is 3.42. The Labute approximate surface area is 242 Å². The third-order valence-corrected chi connectivity index (χ3v) is 5.26. The third kappa shape index (κ3) is 10.7. The highest BCUT2D eigenvalue weighted by Crippen LogP contribution is 2.48. The molecule has 2 aromatic rings. The molecular weight excluding hydrogens is 616 g/mol. The van der Waals surface area contributed by atoms with Crippen LogP contribution in [-0.2, 0) is 18.9 Å². The molecule has 0 aliphatic heterocycles. The maximum Gasteiger partial charge on any atom is 0.407 e. The Morgan fingerprint density at radius 3 is 1.85 bits per heavy atom. The molecule has 0 heterocycles. The summed E-state index contributed by atoms with van der Waals surface area (Å²) in [5, 5.41) is 0. The molecule has 0 fully saturated rings. The van der Waals surface area contributed by atoms with Crippen LogP contribution in [0.1, 0.15) is 6.92 Å². The monoisotopic (exact) mass is 644 g/mol.